The number of hydrogen-bond acceptors (Lipinski definition) is 4. The molecule has 0 amide bonds. The van der Waals surface area contributed by atoms with E-state index in [-0.39, 0.29) is 0 Å². The van der Waals surface area contributed by atoms with Crippen molar-refractivity contribution in [3.63, 3.8) is 0 Å². The maximum Gasteiger partial charge on any atom is 0.126 e. The second kappa shape index (κ2) is 4.45. The van der Waals surface area contributed by atoms with E-state index in [1.807, 2.05) is 17.7 Å². The number of aryl methyl sites for hydroxylation is 1. The molecule has 5 heteroatoms. The molecule has 0 radical (unpaired) electrons. The molecular weight excluding hydrogens is 202 g/mol. The van der Waals surface area contributed by atoms with Gasteiger partial charge < -0.3 is 9.88 Å². The van der Waals surface area contributed by atoms with Crippen LogP contribution in [0.3, 0.4) is 0 Å². The third-order valence-electron chi connectivity index (χ3n) is 2.26. The zero-order valence-electron chi connectivity index (χ0n) is 8.88. The van der Waals surface area contributed by atoms with Gasteiger partial charge in [0.2, 0.25) is 0 Å². The normalized spacial score (nSPS) is 9.75. The minimum Gasteiger partial charge on any atom is -0.364 e. The molecule has 1 N–H and O–H groups in total. The van der Waals surface area contributed by atoms with Crippen molar-refractivity contribution in [2.75, 3.05) is 5.32 Å². The Bertz CT molecular complexity index is 506. The molecule has 0 aliphatic rings. The Balaban J connectivity index is 2.00. The average molecular weight is 213 g/mol. The zero-order valence-corrected chi connectivity index (χ0v) is 8.88. The van der Waals surface area contributed by atoms with Crippen LogP contribution in [0.2, 0.25) is 0 Å². The molecule has 0 aliphatic carbocycles. The fourth-order valence-electron chi connectivity index (χ4n) is 1.30. The van der Waals surface area contributed by atoms with Crippen LogP contribution in [-0.2, 0) is 13.6 Å². The van der Waals surface area contributed by atoms with Crippen LogP contribution in [0.1, 0.15) is 11.3 Å². The van der Waals surface area contributed by atoms with Crippen molar-refractivity contribution in [1.82, 2.24) is 14.5 Å². The van der Waals surface area contributed by atoms with Gasteiger partial charge in [0.1, 0.15) is 11.9 Å². The summed E-state index contributed by atoms with van der Waals surface area (Å²) in [6, 6.07) is 5.55. The van der Waals surface area contributed by atoms with E-state index in [9.17, 15) is 0 Å². The molecule has 0 saturated carbocycles. The van der Waals surface area contributed by atoms with Crippen molar-refractivity contribution < 1.29 is 0 Å². The minimum absolute atomic E-state index is 0.561. The summed E-state index contributed by atoms with van der Waals surface area (Å²) in [5.41, 5.74) is 1.64. The van der Waals surface area contributed by atoms with Crippen molar-refractivity contribution in [3.05, 3.63) is 42.1 Å². The van der Waals surface area contributed by atoms with Crippen LogP contribution < -0.4 is 5.32 Å². The van der Waals surface area contributed by atoms with Gasteiger partial charge in [-0.15, -0.1) is 0 Å². The van der Waals surface area contributed by atoms with Crippen molar-refractivity contribution >= 4 is 5.82 Å². The Morgan fingerprint density at radius 2 is 2.31 bits per heavy atom. The average Bonchev–Trinajstić information content (AvgIpc) is 2.73. The second-order valence-electron chi connectivity index (χ2n) is 3.39. The van der Waals surface area contributed by atoms with Crippen LogP contribution in [0.4, 0.5) is 5.82 Å². The molecule has 0 spiro atoms. The number of anilines is 1. The lowest BCUT2D eigenvalue weighted by Gasteiger charge is -2.05. The molecule has 0 atom stereocenters. The Morgan fingerprint density at radius 1 is 1.44 bits per heavy atom. The number of pyridine rings is 1. The summed E-state index contributed by atoms with van der Waals surface area (Å²) in [6.07, 6.45) is 5.10. The number of rotatable bonds is 3. The first-order chi connectivity index (χ1) is 7.79. The third-order valence-corrected chi connectivity index (χ3v) is 2.26. The monoisotopic (exact) mass is 213 g/mol. The Morgan fingerprint density at radius 3 is 2.88 bits per heavy atom. The summed E-state index contributed by atoms with van der Waals surface area (Å²) in [4.78, 5) is 8.14. The Labute approximate surface area is 93.4 Å². The van der Waals surface area contributed by atoms with E-state index in [1.54, 1.807) is 30.9 Å². The van der Waals surface area contributed by atoms with E-state index in [0.29, 0.717) is 12.1 Å². The molecule has 0 saturated heterocycles. The standard InChI is InChI=1S/C11H11N5/c1-16-8-13-6-10(16)7-15-11-3-2-9(4-12)5-14-11/h2-3,5-6,8H,7H2,1H3,(H,14,15). The van der Waals surface area contributed by atoms with Crippen LogP contribution in [-0.4, -0.2) is 14.5 Å². The lowest BCUT2D eigenvalue weighted by atomic mass is 10.3. The quantitative estimate of drug-likeness (QED) is 0.834. The van der Waals surface area contributed by atoms with E-state index < -0.39 is 0 Å². The molecule has 0 bridgehead atoms. The first-order valence-corrected chi connectivity index (χ1v) is 4.85. The van der Waals surface area contributed by atoms with Gasteiger partial charge in [0.15, 0.2) is 0 Å². The molecule has 2 aromatic heterocycles. The minimum atomic E-state index is 0.561. The molecule has 0 aliphatic heterocycles. The first kappa shape index (κ1) is 10.2. The fraction of sp³-hybridized carbons (Fsp3) is 0.182. The molecule has 0 unspecified atom stereocenters. The molecule has 0 fully saturated rings. The fourth-order valence-corrected chi connectivity index (χ4v) is 1.30. The lowest BCUT2D eigenvalue weighted by molar-refractivity contribution is 0.835. The number of hydrogen-bond donors (Lipinski definition) is 1. The lowest BCUT2D eigenvalue weighted by Crippen LogP contribution is -2.05. The van der Waals surface area contributed by atoms with Crippen LogP contribution in [0.15, 0.2) is 30.9 Å². The first-order valence-electron chi connectivity index (χ1n) is 4.85. The molecule has 80 valence electrons. The van der Waals surface area contributed by atoms with Crippen molar-refractivity contribution in [1.29, 1.82) is 5.26 Å². The molecular formula is C11H11N5. The highest BCUT2D eigenvalue weighted by molar-refractivity contribution is 5.39. The highest BCUT2D eigenvalue weighted by Crippen LogP contribution is 2.06. The van der Waals surface area contributed by atoms with Crippen molar-refractivity contribution in [3.8, 4) is 6.07 Å². The van der Waals surface area contributed by atoms with Gasteiger partial charge in [0.25, 0.3) is 0 Å². The van der Waals surface area contributed by atoms with Crippen LogP contribution in [0, 0.1) is 11.3 Å². The van der Waals surface area contributed by atoms with Gasteiger partial charge in [0.05, 0.1) is 24.1 Å². The second-order valence-corrected chi connectivity index (χ2v) is 3.39. The van der Waals surface area contributed by atoms with E-state index in [4.69, 9.17) is 5.26 Å². The molecule has 16 heavy (non-hydrogen) atoms. The van der Waals surface area contributed by atoms with Crippen molar-refractivity contribution in [2.24, 2.45) is 7.05 Å². The molecule has 2 heterocycles. The summed E-state index contributed by atoms with van der Waals surface area (Å²) in [7, 11) is 1.94. The van der Waals surface area contributed by atoms with Crippen molar-refractivity contribution in [2.45, 2.75) is 6.54 Å². The van der Waals surface area contributed by atoms with Gasteiger partial charge in [-0.05, 0) is 12.1 Å². The smallest absolute Gasteiger partial charge is 0.126 e. The number of nitrogens with one attached hydrogen (secondary N) is 1. The predicted octanol–water partition coefficient (Wildman–Crippen LogP) is 1.30. The predicted molar refractivity (Wildman–Crippen MR) is 59.5 cm³/mol. The number of nitrogens with zero attached hydrogens (tertiary/aromatic N) is 4. The van der Waals surface area contributed by atoms with Crippen LogP contribution in [0.25, 0.3) is 0 Å². The van der Waals surface area contributed by atoms with Gasteiger partial charge in [-0.3, -0.25) is 0 Å². The Kier molecular flexibility index (Phi) is 2.83. The van der Waals surface area contributed by atoms with Gasteiger partial charge in [-0.25, -0.2) is 9.97 Å². The molecule has 0 aromatic carbocycles. The number of nitriles is 1. The summed E-state index contributed by atoms with van der Waals surface area (Å²) < 4.78 is 1.94. The number of aromatic nitrogens is 3. The van der Waals surface area contributed by atoms with Crippen LogP contribution >= 0.6 is 0 Å². The van der Waals surface area contributed by atoms with E-state index in [1.165, 1.54) is 0 Å². The SMILES string of the molecule is Cn1cncc1CNc1ccc(C#N)cn1. The maximum absolute atomic E-state index is 8.62. The van der Waals surface area contributed by atoms with E-state index >= 15 is 0 Å². The van der Waals surface area contributed by atoms with Crippen LogP contribution in [0.5, 0.6) is 0 Å². The van der Waals surface area contributed by atoms with Gasteiger partial charge in [0, 0.05) is 19.4 Å². The largest absolute Gasteiger partial charge is 0.364 e. The molecule has 2 rings (SSSR count). The van der Waals surface area contributed by atoms with E-state index in [0.717, 1.165) is 11.5 Å². The summed E-state index contributed by atoms with van der Waals surface area (Å²) in [5.74, 6) is 0.750. The summed E-state index contributed by atoms with van der Waals surface area (Å²) >= 11 is 0. The molecule has 2 aromatic rings. The zero-order chi connectivity index (χ0) is 11.4. The maximum atomic E-state index is 8.62. The number of imidazole rings is 1. The van der Waals surface area contributed by atoms with E-state index in [2.05, 4.69) is 15.3 Å². The third kappa shape index (κ3) is 2.17. The van der Waals surface area contributed by atoms with Gasteiger partial charge >= 0.3 is 0 Å². The highest BCUT2D eigenvalue weighted by atomic mass is 15.1. The molecule has 5 nitrogen and oxygen atoms in total. The summed E-state index contributed by atoms with van der Waals surface area (Å²) in [5, 5.41) is 11.8. The van der Waals surface area contributed by atoms with Gasteiger partial charge in [-0.2, -0.15) is 5.26 Å². The Hall–Kier alpha value is -2.35. The topological polar surface area (TPSA) is 66.5 Å². The summed E-state index contributed by atoms with van der Waals surface area (Å²) in [6.45, 7) is 0.662. The van der Waals surface area contributed by atoms with Gasteiger partial charge in [-0.1, -0.05) is 0 Å². The highest BCUT2D eigenvalue weighted by Gasteiger charge is 1.99.